The third-order valence-electron chi connectivity index (χ3n) is 6.15. The maximum absolute atomic E-state index is 13.4. The second-order valence-electron chi connectivity index (χ2n) is 8.73. The number of rotatable bonds is 5. The fraction of sp³-hybridized carbons (Fsp3) is 0.636. The molecule has 2 amide bonds. The number of piperidine rings is 1. The Balaban J connectivity index is 1.87. The number of anilines is 1. The van der Waals surface area contributed by atoms with E-state index in [1.165, 1.54) is 6.07 Å². The molecule has 2 aliphatic rings. The number of hydrogen-bond acceptors (Lipinski definition) is 4. The van der Waals surface area contributed by atoms with E-state index in [2.05, 4.69) is 5.32 Å². The van der Waals surface area contributed by atoms with Crippen LogP contribution in [-0.4, -0.2) is 56.4 Å². The molecule has 1 aromatic rings. The summed E-state index contributed by atoms with van der Waals surface area (Å²) in [5, 5.41) is 12.0. The van der Waals surface area contributed by atoms with Crippen LogP contribution in [0.5, 0.6) is 0 Å². The summed E-state index contributed by atoms with van der Waals surface area (Å²) in [6.07, 6.45) is -3.83. The van der Waals surface area contributed by atoms with Gasteiger partial charge in [0.15, 0.2) is 0 Å². The number of hydrogen-bond donors (Lipinski definition) is 1. The number of likely N-dealkylation sites (tertiary alicyclic amines) is 1. The minimum Gasteiger partial charge on any atom is -0.381 e. The number of nitriles is 1. The molecule has 31 heavy (non-hydrogen) atoms. The maximum atomic E-state index is 13.4. The maximum Gasteiger partial charge on any atom is 0.417 e. The smallest absolute Gasteiger partial charge is 0.381 e. The molecule has 9 heteroatoms. The average Bonchev–Trinajstić information content (AvgIpc) is 3.09. The summed E-state index contributed by atoms with van der Waals surface area (Å²) in [6, 6.07) is 5.39. The molecule has 0 spiro atoms. The van der Waals surface area contributed by atoms with Crippen molar-refractivity contribution in [3.63, 3.8) is 0 Å². The van der Waals surface area contributed by atoms with Crippen LogP contribution in [-0.2, 0) is 10.9 Å². The van der Waals surface area contributed by atoms with Gasteiger partial charge in [0.25, 0.3) is 0 Å². The zero-order valence-corrected chi connectivity index (χ0v) is 18.1. The van der Waals surface area contributed by atoms with Crippen molar-refractivity contribution < 1.29 is 22.7 Å². The van der Waals surface area contributed by atoms with Gasteiger partial charge < -0.3 is 19.9 Å². The summed E-state index contributed by atoms with van der Waals surface area (Å²) in [6.45, 7) is 8.87. The first kappa shape index (κ1) is 23.2. The van der Waals surface area contributed by atoms with E-state index in [0.717, 1.165) is 12.5 Å². The first-order chi connectivity index (χ1) is 14.6. The highest BCUT2D eigenvalue weighted by molar-refractivity contribution is 5.74. The molecule has 6 nitrogen and oxygen atoms in total. The van der Waals surface area contributed by atoms with Crippen molar-refractivity contribution in [2.24, 2.45) is 11.3 Å². The largest absolute Gasteiger partial charge is 0.417 e. The number of ether oxygens (including phenoxy) is 1. The number of nitrogens with one attached hydrogen (secondary N) is 1. The van der Waals surface area contributed by atoms with Gasteiger partial charge in [0.2, 0.25) is 0 Å². The van der Waals surface area contributed by atoms with E-state index in [9.17, 15) is 18.0 Å². The quantitative estimate of drug-likeness (QED) is 0.758. The number of benzene rings is 1. The van der Waals surface area contributed by atoms with E-state index in [1.807, 2.05) is 25.7 Å². The molecule has 0 aliphatic carbocycles. The normalized spacial score (nSPS) is 23.6. The summed E-state index contributed by atoms with van der Waals surface area (Å²) in [7, 11) is 0. The lowest BCUT2D eigenvalue weighted by Gasteiger charge is -2.43. The number of halogens is 3. The van der Waals surface area contributed by atoms with Crippen molar-refractivity contribution >= 4 is 11.7 Å². The van der Waals surface area contributed by atoms with E-state index in [0.29, 0.717) is 45.1 Å². The predicted octanol–water partition coefficient (Wildman–Crippen LogP) is 3.86. The minimum absolute atomic E-state index is 0.0209. The average molecular weight is 438 g/mol. The highest BCUT2D eigenvalue weighted by Gasteiger charge is 2.51. The molecule has 2 saturated heterocycles. The van der Waals surface area contributed by atoms with Gasteiger partial charge in [0.05, 0.1) is 23.8 Å². The fourth-order valence-electron chi connectivity index (χ4n) is 4.66. The Hall–Kier alpha value is -2.47. The Labute approximate surface area is 180 Å². The molecule has 0 unspecified atom stereocenters. The third kappa shape index (κ3) is 4.90. The minimum atomic E-state index is -4.59. The molecule has 170 valence electrons. The van der Waals surface area contributed by atoms with Crippen LogP contribution in [0.1, 0.15) is 38.3 Å². The number of fused-ring (bicyclic) bond motifs is 1. The van der Waals surface area contributed by atoms with Crippen molar-refractivity contribution in [2.45, 2.75) is 39.4 Å². The van der Waals surface area contributed by atoms with Gasteiger partial charge in [0.1, 0.15) is 0 Å². The Morgan fingerprint density at radius 2 is 2.13 bits per heavy atom. The zero-order chi connectivity index (χ0) is 22.8. The molecule has 2 atom stereocenters. The summed E-state index contributed by atoms with van der Waals surface area (Å²) in [5.74, 6) is 0.201. The van der Waals surface area contributed by atoms with Crippen LogP contribution < -0.4 is 10.2 Å². The fourth-order valence-corrected chi connectivity index (χ4v) is 4.66. The highest BCUT2D eigenvalue weighted by atomic mass is 19.4. The van der Waals surface area contributed by atoms with Gasteiger partial charge >= 0.3 is 12.2 Å². The van der Waals surface area contributed by atoms with Crippen molar-refractivity contribution in [2.75, 3.05) is 44.3 Å². The number of carbonyl (C=O) groups excluding carboxylic acids is 1. The van der Waals surface area contributed by atoms with Crippen LogP contribution in [0, 0.1) is 22.7 Å². The molecule has 2 aliphatic heterocycles. The van der Waals surface area contributed by atoms with Crippen LogP contribution in [0.15, 0.2) is 18.2 Å². The summed E-state index contributed by atoms with van der Waals surface area (Å²) in [5.41, 5.74) is -1.21. The van der Waals surface area contributed by atoms with E-state index in [1.54, 1.807) is 17.0 Å². The van der Waals surface area contributed by atoms with Crippen LogP contribution in [0.2, 0.25) is 0 Å². The van der Waals surface area contributed by atoms with Gasteiger partial charge in [-0.25, -0.2) is 4.79 Å². The van der Waals surface area contributed by atoms with Crippen LogP contribution >= 0.6 is 0 Å². The molecule has 0 radical (unpaired) electrons. The van der Waals surface area contributed by atoms with Gasteiger partial charge in [-0.15, -0.1) is 0 Å². The number of alkyl halides is 3. The van der Waals surface area contributed by atoms with Crippen molar-refractivity contribution in [3.8, 4) is 6.07 Å². The van der Waals surface area contributed by atoms with E-state index in [-0.39, 0.29) is 29.0 Å². The molecule has 3 rings (SSSR count). The lowest BCUT2D eigenvalue weighted by atomic mass is 9.74. The number of nitrogens with zero attached hydrogens (tertiary/aromatic N) is 3. The van der Waals surface area contributed by atoms with Gasteiger partial charge in [-0.1, -0.05) is 0 Å². The van der Waals surface area contributed by atoms with Crippen molar-refractivity contribution in [3.05, 3.63) is 29.3 Å². The first-order valence-corrected chi connectivity index (χ1v) is 10.6. The molecule has 1 N–H and O–H groups in total. The molecular formula is C22H29F3N4O2. The number of amides is 2. The summed E-state index contributed by atoms with van der Waals surface area (Å²) in [4.78, 5) is 16.3. The van der Waals surface area contributed by atoms with E-state index >= 15 is 0 Å². The van der Waals surface area contributed by atoms with Gasteiger partial charge in [-0.3, -0.25) is 0 Å². The van der Waals surface area contributed by atoms with Crippen molar-refractivity contribution in [1.82, 2.24) is 10.2 Å². The molecular weight excluding hydrogens is 409 g/mol. The molecule has 2 fully saturated rings. The zero-order valence-electron chi connectivity index (χ0n) is 18.1. The first-order valence-electron chi connectivity index (χ1n) is 10.6. The second-order valence-corrected chi connectivity index (χ2v) is 8.73. The van der Waals surface area contributed by atoms with E-state index < -0.39 is 11.7 Å². The molecule has 0 bridgehead atoms. The lowest BCUT2D eigenvalue weighted by Crippen LogP contribution is -2.56. The Morgan fingerprint density at radius 3 is 2.74 bits per heavy atom. The summed E-state index contributed by atoms with van der Waals surface area (Å²) < 4.78 is 46.1. The monoisotopic (exact) mass is 438 g/mol. The third-order valence-corrected chi connectivity index (χ3v) is 6.15. The Morgan fingerprint density at radius 1 is 1.39 bits per heavy atom. The number of carbonyl (C=O) groups is 1. The molecule has 0 aromatic heterocycles. The SMILES string of the molecule is CCOC[C@]12CN(C(=O)NC(C)C)CC[C@H]1CN(c1ccc(C#N)c(C(F)(F)F)c1)C2. The molecule has 1 aromatic carbocycles. The standard InChI is InChI=1S/C22H29F3N4O2/c1-4-31-14-21-12-28(20(30)27-15(2)3)8-7-17(21)11-29(13-21)18-6-5-16(10-26)19(9-18)22(23,24)25/h5-6,9,15,17H,4,7-8,11-14H2,1-3H3,(H,27,30)/t17-,21+/m0/s1. The second kappa shape index (κ2) is 8.95. The molecule has 0 saturated carbocycles. The van der Waals surface area contributed by atoms with Gasteiger partial charge in [0, 0.05) is 49.9 Å². The van der Waals surface area contributed by atoms with Gasteiger partial charge in [-0.05, 0) is 51.3 Å². The van der Waals surface area contributed by atoms with Crippen LogP contribution in [0.3, 0.4) is 0 Å². The topological polar surface area (TPSA) is 68.6 Å². The van der Waals surface area contributed by atoms with Crippen molar-refractivity contribution in [1.29, 1.82) is 5.26 Å². The van der Waals surface area contributed by atoms with Crippen LogP contribution in [0.25, 0.3) is 0 Å². The highest BCUT2D eigenvalue weighted by Crippen LogP contribution is 2.45. The summed E-state index contributed by atoms with van der Waals surface area (Å²) >= 11 is 0. The van der Waals surface area contributed by atoms with E-state index in [4.69, 9.17) is 10.00 Å². The number of urea groups is 1. The van der Waals surface area contributed by atoms with Crippen LogP contribution in [0.4, 0.5) is 23.7 Å². The Kier molecular flexibility index (Phi) is 6.70. The van der Waals surface area contributed by atoms with Gasteiger partial charge in [-0.2, -0.15) is 18.4 Å². The predicted molar refractivity (Wildman–Crippen MR) is 111 cm³/mol. The molecule has 2 heterocycles. The Bertz CT molecular complexity index is 852. The lowest BCUT2D eigenvalue weighted by molar-refractivity contribution is -0.137.